The van der Waals surface area contributed by atoms with Gasteiger partial charge in [-0.2, -0.15) is 0 Å². The summed E-state index contributed by atoms with van der Waals surface area (Å²) >= 11 is 6.05. The van der Waals surface area contributed by atoms with Gasteiger partial charge in [0, 0.05) is 17.5 Å². The van der Waals surface area contributed by atoms with Crippen molar-refractivity contribution in [1.82, 2.24) is 5.32 Å². The van der Waals surface area contributed by atoms with Crippen LogP contribution < -0.4 is 10.1 Å². The summed E-state index contributed by atoms with van der Waals surface area (Å²) in [5, 5.41) is 22.0. The molecule has 2 atom stereocenters. The maximum Gasteiger partial charge on any atom is 0.396 e. The molecule has 188 valence electrons. The minimum absolute atomic E-state index is 0.0587. The molecule has 8 nitrogen and oxygen atoms in total. The molecule has 3 aromatic rings. The van der Waals surface area contributed by atoms with Gasteiger partial charge in [0.2, 0.25) is 0 Å². The van der Waals surface area contributed by atoms with E-state index in [4.69, 9.17) is 26.2 Å². The summed E-state index contributed by atoms with van der Waals surface area (Å²) in [4.78, 5) is 35.6. The summed E-state index contributed by atoms with van der Waals surface area (Å²) in [6.45, 7) is -0.0856. The minimum Gasteiger partial charge on any atom is -0.490 e. The Bertz CT molecular complexity index is 1170. The Morgan fingerprint density at radius 1 is 0.889 bits per heavy atom. The largest absolute Gasteiger partial charge is 0.490 e. The summed E-state index contributed by atoms with van der Waals surface area (Å²) in [6.07, 6.45) is -1.81. The van der Waals surface area contributed by atoms with Crippen LogP contribution in [0.25, 0.3) is 11.1 Å². The van der Waals surface area contributed by atoms with Gasteiger partial charge in [-0.3, -0.25) is 4.79 Å². The highest BCUT2D eigenvalue weighted by molar-refractivity contribution is 6.32. The van der Waals surface area contributed by atoms with Crippen LogP contribution in [-0.4, -0.2) is 53.4 Å². The van der Waals surface area contributed by atoms with E-state index in [2.05, 4.69) is 5.32 Å². The summed E-state index contributed by atoms with van der Waals surface area (Å²) in [5.74, 6) is -2.99. The van der Waals surface area contributed by atoms with Crippen LogP contribution in [-0.2, 0) is 25.5 Å². The second-order valence-corrected chi connectivity index (χ2v) is 8.41. The molecule has 1 unspecified atom stereocenters. The third kappa shape index (κ3) is 8.41. The van der Waals surface area contributed by atoms with Gasteiger partial charge in [0.25, 0.3) is 0 Å². The Morgan fingerprint density at radius 3 is 2.28 bits per heavy atom. The van der Waals surface area contributed by atoms with E-state index in [1.807, 2.05) is 48.5 Å². The van der Waals surface area contributed by atoms with E-state index in [1.165, 1.54) is 0 Å². The number of aliphatic hydroxyl groups is 1. The van der Waals surface area contributed by atoms with Crippen molar-refractivity contribution in [1.29, 1.82) is 0 Å². The number of amides is 1. The topological polar surface area (TPSA) is 122 Å². The van der Waals surface area contributed by atoms with Crippen LogP contribution in [0.15, 0.2) is 78.9 Å². The van der Waals surface area contributed by atoms with E-state index >= 15 is 0 Å². The molecule has 0 aromatic heterocycles. The van der Waals surface area contributed by atoms with Crippen LogP contribution in [0.1, 0.15) is 12.0 Å². The van der Waals surface area contributed by atoms with E-state index < -0.39 is 30.0 Å². The highest BCUT2D eigenvalue weighted by Gasteiger charge is 2.25. The van der Waals surface area contributed by atoms with Crippen LogP contribution in [0, 0.1) is 0 Å². The van der Waals surface area contributed by atoms with Crippen molar-refractivity contribution in [3.8, 4) is 16.9 Å². The average molecular weight is 512 g/mol. The molecule has 0 radical (unpaired) electrons. The molecule has 0 saturated heterocycles. The highest BCUT2D eigenvalue weighted by Crippen LogP contribution is 2.23. The first kappa shape index (κ1) is 26.7. The molecule has 3 aromatic carbocycles. The van der Waals surface area contributed by atoms with Gasteiger partial charge in [0.1, 0.15) is 19.0 Å². The molecule has 3 rings (SSSR count). The van der Waals surface area contributed by atoms with Crippen molar-refractivity contribution in [2.75, 3.05) is 13.2 Å². The number of esters is 1. The van der Waals surface area contributed by atoms with Gasteiger partial charge in [-0.1, -0.05) is 66.2 Å². The molecule has 0 heterocycles. The lowest BCUT2D eigenvalue weighted by atomic mass is 9.98. The van der Waals surface area contributed by atoms with Gasteiger partial charge in [0.15, 0.2) is 6.10 Å². The molecular weight excluding hydrogens is 486 g/mol. The zero-order chi connectivity index (χ0) is 25.9. The summed E-state index contributed by atoms with van der Waals surface area (Å²) in [5.41, 5.74) is 2.63. The fourth-order valence-corrected chi connectivity index (χ4v) is 3.66. The number of aliphatic carboxylic acids is 1. The number of para-hydroxylation sites is 1. The molecule has 9 heteroatoms. The number of hydrogen-bond donors (Lipinski definition) is 3. The Balaban J connectivity index is 1.57. The zero-order valence-corrected chi connectivity index (χ0v) is 20.1. The van der Waals surface area contributed by atoms with E-state index in [0.29, 0.717) is 10.8 Å². The van der Waals surface area contributed by atoms with Crippen LogP contribution in [0.2, 0.25) is 5.02 Å². The van der Waals surface area contributed by atoms with Crippen molar-refractivity contribution in [2.24, 2.45) is 0 Å². The third-order valence-corrected chi connectivity index (χ3v) is 5.47. The van der Waals surface area contributed by atoms with Gasteiger partial charge in [-0.15, -0.1) is 0 Å². The number of benzene rings is 3. The second-order valence-electron chi connectivity index (χ2n) is 7.97. The number of ether oxygens (including phenoxy) is 2. The molecule has 0 fully saturated rings. The van der Waals surface area contributed by atoms with E-state index in [-0.39, 0.29) is 26.1 Å². The molecule has 0 aliphatic carbocycles. The summed E-state index contributed by atoms with van der Waals surface area (Å²) in [7, 11) is 0. The monoisotopic (exact) mass is 511 g/mol. The smallest absolute Gasteiger partial charge is 0.396 e. The number of hydrogen-bond acceptors (Lipinski definition) is 6. The van der Waals surface area contributed by atoms with Gasteiger partial charge in [-0.25, -0.2) is 9.59 Å². The summed E-state index contributed by atoms with van der Waals surface area (Å²) < 4.78 is 10.3. The Labute approximate surface area is 213 Å². The van der Waals surface area contributed by atoms with E-state index in [1.54, 1.807) is 30.3 Å². The normalized spacial score (nSPS) is 12.3. The quantitative estimate of drug-likeness (QED) is 0.204. The van der Waals surface area contributed by atoms with Crippen LogP contribution >= 0.6 is 11.6 Å². The number of nitrogens with one attached hydrogen (secondary N) is 1. The average Bonchev–Trinajstić information content (AvgIpc) is 2.87. The number of aliphatic hydroxyl groups excluding tert-OH is 1. The van der Waals surface area contributed by atoms with Crippen LogP contribution in [0.5, 0.6) is 5.75 Å². The SMILES string of the molecule is O=C(N[C@H](Cc1ccc(-c2cccc(Cl)c2)cc1)CC(O)C(=O)O)C(=O)OCCOc1ccccc1. The molecular formula is C27H26ClNO7. The first-order valence-corrected chi connectivity index (χ1v) is 11.6. The van der Waals surface area contributed by atoms with E-state index in [0.717, 1.165) is 16.7 Å². The van der Waals surface area contributed by atoms with Gasteiger partial charge < -0.3 is 25.0 Å². The lowest BCUT2D eigenvalue weighted by Gasteiger charge is -2.20. The Kier molecular flexibility index (Phi) is 9.85. The van der Waals surface area contributed by atoms with Crippen LogP contribution in [0.3, 0.4) is 0 Å². The molecule has 0 bridgehead atoms. The fourth-order valence-electron chi connectivity index (χ4n) is 3.47. The fraction of sp³-hybridized carbons (Fsp3) is 0.222. The maximum absolute atomic E-state index is 12.4. The maximum atomic E-state index is 12.4. The molecule has 0 aliphatic heterocycles. The molecule has 3 N–H and O–H groups in total. The third-order valence-electron chi connectivity index (χ3n) is 5.24. The van der Waals surface area contributed by atoms with Crippen molar-refractivity contribution in [3.63, 3.8) is 0 Å². The van der Waals surface area contributed by atoms with Crippen molar-refractivity contribution >= 4 is 29.4 Å². The number of halogens is 1. The first-order chi connectivity index (χ1) is 17.3. The van der Waals surface area contributed by atoms with Crippen molar-refractivity contribution in [2.45, 2.75) is 25.0 Å². The zero-order valence-electron chi connectivity index (χ0n) is 19.3. The van der Waals surface area contributed by atoms with Gasteiger partial charge >= 0.3 is 17.8 Å². The molecule has 0 saturated carbocycles. The number of carboxylic acids is 1. The second kappa shape index (κ2) is 13.3. The van der Waals surface area contributed by atoms with Gasteiger partial charge in [0.05, 0.1) is 0 Å². The van der Waals surface area contributed by atoms with Crippen molar-refractivity contribution < 1.29 is 34.1 Å². The lowest BCUT2D eigenvalue weighted by molar-refractivity contribution is -0.156. The number of carbonyl (C=O) groups is 3. The summed E-state index contributed by atoms with van der Waals surface area (Å²) in [6, 6.07) is 22.9. The Morgan fingerprint density at radius 2 is 1.61 bits per heavy atom. The van der Waals surface area contributed by atoms with E-state index in [9.17, 15) is 19.5 Å². The molecule has 0 aliphatic rings. The Hall–Kier alpha value is -3.88. The highest BCUT2D eigenvalue weighted by atomic mass is 35.5. The standard InChI is InChI=1S/C27H26ClNO7/c28-21-6-4-5-20(16-21)19-11-9-18(10-12-19)15-22(17-24(30)26(32)33)29-25(31)27(34)36-14-13-35-23-7-2-1-3-8-23/h1-12,16,22,24,30H,13-15,17H2,(H,29,31)(H,32,33)/t22-,24?/m1/s1. The lowest BCUT2D eigenvalue weighted by Crippen LogP contribution is -2.44. The predicted octanol–water partition coefficient (Wildman–Crippen LogP) is 3.49. The molecule has 1 amide bonds. The number of rotatable bonds is 11. The van der Waals surface area contributed by atoms with Crippen LogP contribution in [0.4, 0.5) is 0 Å². The number of carboxylic acid groups (broad SMARTS) is 1. The van der Waals surface area contributed by atoms with Crippen molar-refractivity contribution in [3.05, 3.63) is 89.4 Å². The first-order valence-electron chi connectivity index (χ1n) is 11.2. The van der Waals surface area contributed by atoms with Gasteiger partial charge in [-0.05, 0) is 47.4 Å². The minimum atomic E-state index is -1.71. The number of carbonyl (C=O) groups excluding carboxylic acids is 2. The predicted molar refractivity (Wildman–Crippen MR) is 134 cm³/mol. The molecule has 0 spiro atoms. The molecule has 36 heavy (non-hydrogen) atoms.